The molecular weight excluding hydrogens is 370 g/mol. The molecule has 0 aliphatic rings. The summed E-state index contributed by atoms with van der Waals surface area (Å²) in [4.78, 5) is 1.70. The van der Waals surface area contributed by atoms with Gasteiger partial charge in [0.1, 0.15) is 11.0 Å². The Balaban J connectivity index is 2.35. The maximum Gasteiger partial charge on any atom is 0.206 e. The summed E-state index contributed by atoms with van der Waals surface area (Å²) in [5, 5.41) is 8.76. The van der Waals surface area contributed by atoms with E-state index in [0.29, 0.717) is 11.0 Å². The lowest BCUT2D eigenvalue weighted by Gasteiger charge is -2.14. The zero-order chi connectivity index (χ0) is 20.9. The van der Waals surface area contributed by atoms with E-state index in [4.69, 9.17) is 0 Å². The number of sulfone groups is 1. The lowest BCUT2D eigenvalue weighted by atomic mass is 9.92. The molecule has 0 fully saturated rings. The van der Waals surface area contributed by atoms with Gasteiger partial charge < -0.3 is 0 Å². The molecule has 5 nitrogen and oxygen atoms in total. The van der Waals surface area contributed by atoms with Gasteiger partial charge in [-0.05, 0) is 48.6 Å². The molecule has 6 heteroatoms. The van der Waals surface area contributed by atoms with Crippen molar-refractivity contribution in [2.24, 2.45) is 5.41 Å². The van der Waals surface area contributed by atoms with Crippen molar-refractivity contribution in [1.82, 2.24) is 15.0 Å². The fourth-order valence-corrected chi connectivity index (χ4v) is 3.76. The first-order chi connectivity index (χ1) is 13.1. The van der Waals surface area contributed by atoms with Gasteiger partial charge in [0.15, 0.2) is 0 Å². The highest BCUT2D eigenvalue weighted by molar-refractivity contribution is 7.95. The van der Waals surface area contributed by atoms with Crippen molar-refractivity contribution >= 4 is 27.1 Å². The van der Waals surface area contributed by atoms with Crippen LogP contribution in [0.4, 0.5) is 0 Å². The van der Waals surface area contributed by atoms with Crippen molar-refractivity contribution in [1.29, 1.82) is 0 Å². The Hall–Kier alpha value is -2.73. The van der Waals surface area contributed by atoms with Crippen LogP contribution in [0.5, 0.6) is 0 Å². The highest BCUT2D eigenvalue weighted by Gasteiger charge is 2.19. The second-order valence-electron chi connectivity index (χ2n) is 7.72. The number of hydrogen-bond acceptors (Lipinski definition) is 4. The first-order valence-electron chi connectivity index (χ1n) is 8.98. The minimum absolute atomic E-state index is 0.0916. The molecule has 0 atom stereocenters. The van der Waals surface area contributed by atoms with Crippen LogP contribution < -0.4 is 0 Å². The number of aromatic nitrogens is 3. The summed E-state index contributed by atoms with van der Waals surface area (Å²) < 4.78 is 25.4. The predicted octanol–water partition coefficient (Wildman–Crippen LogP) is 5.31. The van der Waals surface area contributed by atoms with Crippen molar-refractivity contribution in [2.45, 2.75) is 39.0 Å². The monoisotopic (exact) mass is 397 g/mol. The van der Waals surface area contributed by atoms with Crippen molar-refractivity contribution in [2.75, 3.05) is 0 Å². The predicted molar refractivity (Wildman–Crippen MR) is 116 cm³/mol. The fraction of sp³-hybridized carbons (Fsp3) is 0.273. The third-order valence-electron chi connectivity index (χ3n) is 3.90. The molecule has 0 saturated heterocycles. The van der Waals surface area contributed by atoms with E-state index in [1.165, 1.54) is 35.2 Å². The van der Waals surface area contributed by atoms with Gasteiger partial charge in [-0.1, -0.05) is 58.2 Å². The Morgan fingerprint density at radius 1 is 1.18 bits per heavy atom. The topological polar surface area (TPSA) is 64.8 Å². The van der Waals surface area contributed by atoms with Gasteiger partial charge in [-0.15, -0.1) is 10.2 Å². The second kappa shape index (κ2) is 8.52. The van der Waals surface area contributed by atoms with Crippen LogP contribution in [-0.2, 0) is 9.84 Å². The fourth-order valence-electron chi connectivity index (χ4n) is 2.48. The molecule has 0 radical (unpaired) electrons. The summed E-state index contributed by atoms with van der Waals surface area (Å²) in [6, 6.07) is 4.70. The molecule has 2 rings (SSSR count). The van der Waals surface area contributed by atoms with E-state index in [1.54, 1.807) is 12.3 Å². The van der Waals surface area contributed by atoms with Crippen molar-refractivity contribution in [3.05, 3.63) is 72.2 Å². The zero-order valence-corrected chi connectivity index (χ0v) is 17.7. The smallest absolute Gasteiger partial charge is 0.206 e. The molecule has 0 unspecified atom stereocenters. The summed E-state index contributed by atoms with van der Waals surface area (Å²) in [6.45, 7) is 15.6. The lowest BCUT2D eigenvalue weighted by molar-refractivity contribution is 0.420. The summed E-state index contributed by atoms with van der Waals surface area (Å²) in [7, 11) is -3.68. The first kappa shape index (κ1) is 21.6. The van der Waals surface area contributed by atoms with Gasteiger partial charge in [0, 0.05) is 0 Å². The van der Waals surface area contributed by atoms with E-state index in [9.17, 15) is 8.42 Å². The molecule has 0 saturated carbocycles. The maximum atomic E-state index is 12.7. The zero-order valence-electron chi connectivity index (χ0n) is 16.9. The summed E-state index contributed by atoms with van der Waals surface area (Å²) in [6.07, 6.45) is 11.1. The number of hydrogen-bond donors (Lipinski definition) is 0. The molecule has 2 aromatic rings. The molecule has 1 heterocycles. The molecule has 0 aliphatic carbocycles. The van der Waals surface area contributed by atoms with Gasteiger partial charge in [0.25, 0.3) is 0 Å². The summed E-state index contributed by atoms with van der Waals surface area (Å²) in [5.41, 5.74) is 2.36. The molecule has 148 valence electrons. The van der Waals surface area contributed by atoms with Crippen LogP contribution in [0.2, 0.25) is 0 Å². The third kappa shape index (κ3) is 5.39. The molecule has 0 aliphatic heterocycles. The van der Waals surface area contributed by atoms with Gasteiger partial charge in [-0.3, -0.25) is 0 Å². The molecule has 0 amide bonds. The summed E-state index contributed by atoms with van der Waals surface area (Å²) >= 11 is 0. The van der Waals surface area contributed by atoms with E-state index < -0.39 is 9.84 Å². The quantitative estimate of drug-likeness (QED) is 0.594. The lowest BCUT2D eigenvalue weighted by Crippen LogP contribution is -2.02. The van der Waals surface area contributed by atoms with E-state index in [0.717, 1.165) is 12.0 Å². The highest BCUT2D eigenvalue weighted by Crippen LogP contribution is 2.23. The molecular formula is C22H27N3O2S. The molecule has 28 heavy (non-hydrogen) atoms. The van der Waals surface area contributed by atoms with E-state index in [-0.39, 0.29) is 15.2 Å². The Bertz CT molecular complexity index is 1080. The van der Waals surface area contributed by atoms with Crippen molar-refractivity contribution in [3.63, 3.8) is 0 Å². The van der Waals surface area contributed by atoms with Crippen LogP contribution >= 0.6 is 0 Å². The van der Waals surface area contributed by atoms with E-state index >= 15 is 0 Å². The molecule has 1 aromatic carbocycles. The number of fused-ring (bicyclic) bond motifs is 1. The molecule has 0 spiro atoms. The average molecular weight is 398 g/mol. The molecule has 0 bridgehead atoms. The van der Waals surface area contributed by atoms with E-state index in [1.807, 2.05) is 13.0 Å². The average Bonchev–Trinajstić information content (AvgIpc) is 2.99. The number of rotatable bonds is 7. The Morgan fingerprint density at radius 2 is 1.86 bits per heavy atom. The normalized spacial score (nSPS) is 14.0. The minimum atomic E-state index is -3.68. The molecule has 0 N–H and O–H groups in total. The first-order valence-corrected chi connectivity index (χ1v) is 10.5. The van der Waals surface area contributed by atoms with Crippen LogP contribution in [0, 0.1) is 5.41 Å². The van der Waals surface area contributed by atoms with Crippen molar-refractivity contribution in [3.8, 4) is 0 Å². The van der Waals surface area contributed by atoms with Crippen molar-refractivity contribution < 1.29 is 8.42 Å². The van der Waals surface area contributed by atoms with Crippen LogP contribution in [0.25, 0.3) is 17.2 Å². The number of allylic oxidation sites excluding steroid dienone is 6. The van der Waals surface area contributed by atoms with Gasteiger partial charge in [0.2, 0.25) is 9.84 Å². The van der Waals surface area contributed by atoms with Gasteiger partial charge in [0.05, 0.1) is 16.0 Å². The van der Waals surface area contributed by atoms with Crippen LogP contribution in [0.3, 0.4) is 0 Å². The molecule has 1 aromatic heterocycles. The van der Waals surface area contributed by atoms with Crippen LogP contribution in [0.15, 0.2) is 77.1 Å². The number of benzene rings is 1. The third-order valence-corrected chi connectivity index (χ3v) is 5.70. The SMILES string of the molecule is C=C/C=C(\C=C)S(=O)(=O)c1ccc2nn(/C=C(C)/C=C\CC(C)(C)C)nc2c1. The van der Waals surface area contributed by atoms with Crippen LogP contribution in [0.1, 0.15) is 34.1 Å². The second-order valence-corrected chi connectivity index (χ2v) is 9.67. The summed E-state index contributed by atoms with van der Waals surface area (Å²) in [5.74, 6) is 0. The minimum Gasteiger partial charge on any atom is -0.219 e. The van der Waals surface area contributed by atoms with Crippen LogP contribution in [-0.4, -0.2) is 23.4 Å². The Morgan fingerprint density at radius 3 is 2.46 bits per heavy atom. The van der Waals surface area contributed by atoms with Gasteiger partial charge in [-0.2, -0.15) is 4.80 Å². The number of nitrogens with zero attached hydrogens (tertiary/aromatic N) is 3. The largest absolute Gasteiger partial charge is 0.219 e. The van der Waals surface area contributed by atoms with Gasteiger partial charge >= 0.3 is 0 Å². The van der Waals surface area contributed by atoms with E-state index in [2.05, 4.69) is 50.2 Å². The Labute approximate surface area is 167 Å². The Kier molecular flexibility index (Phi) is 6.56. The standard InChI is InChI=1S/C22H27N3O2S/c1-7-10-18(8-2)28(26,27)19-12-13-20-21(15-19)24-25(23-20)16-17(3)11-9-14-22(4,5)6/h7-13,15-16H,1-2,14H2,3-6H3/b11-9-,17-16+,18-10+. The van der Waals surface area contributed by atoms with Gasteiger partial charge in [-0.25, -0.2) is 8.42 Å². The maximum absolute atomic E-state index is 12.7. The highest BCUT2D eigenvalue weighted by atomic mass is 32.2.